The van der Waals surface area contributed by atoms with Gasteiger partial charge in [-0.2, -0.15) is 0 Å². The minimum absolute atomic E-state index is 0.182. The van der Waals surface area contributed by atoms with E-state index < -0.39 is 0 Å². The smallest absolute Gasteiger partial charge is 0.272 e. The zero-order valence-corrected chi connectivity index (χ0v) is 14.1. The standard InChI is InChI=1S/C19H25N3O/c1-12(2)13-6-7-16-15(10-13)14-4-3-5-17-19(14)22(16)9-8-21(17)11-18(20)23/h6-7,10,12,17H,3-5,8-9,11H2,1-2H3,(H2,20,23)/p+1/t17-/m1/s1. The Kier molecular flexibility index (Phi) is 3.45. The molecule has 1 aliphatic heterocycles. The van der Waals surface area contributed by atoms with Crippen molar-refractivity contribution in [2.24, 2.45) is 5.73 Å². The summed E-state index contributed by atoms with van der Waals surface area (Å²) in [6, 6.07) is 7.42. The van der Waals surface area contributed by atoms with Crippen LogP contribution in [0, 0.1) is 0 Å². The largest absolute Gasteiger partial charge is 0.365 e. The van der Waals surface area contributed by atoms with Crippen molar-refractivity contribution < 1.29 is 9.69 Å². The molecule has 2 atom stereocenters. The molecule has 4 heteroatoms. The van der Waals surface area contributed by atoms with Crippen molar-refractivity contribution in [3.8, 4) is 0 Å². The topological polar surface area (TPSA) is 52.5 Å². The number of carbonyl (C=O) groups excluding carboxylic acids is 1. The highest BCUT2D eigenvalue weighted by atomic mass is 16.1. The second-order valence-corrected chi connectivity index (χ2v) is 7.44. The fourth-order valence-corrected chi connectivity index (χ4v) is 4.60. The van der Waals surface area contributed by atoms with Crippen LogP contribution in [0.15, 0.2) is 18.2 Å². The first-order valence-electron chi connectivity index (χ1n) is 8.84. The van der Waals surface area contributed by atoms with Crippen molar-refractivity contribution >= 4 is 16.8 Å². The van der Waals surface area contributed by atoms with Gasteiger partial charge in [0, 0.05) is 17.3 Å². The van der Waals surface area contributed by atoms with Crippen molar-refractivity contribution in [1.29, 1.82) is 0 Å². The maximum Gasteiger partial charge on any atom is 0.272 e. The lowest BCUT2D eigenvalue weighted by Crippen LogP contribution is -3.14. The maximum absolute atomic E-state index is 11.4. The number of rotatable bonds is 3. The Hall–Kier alpha value is -1.81. The molecule has 0 radical (unpaired) electrons. The minimum Gasteiger partial charge on any atom is -0.365 e. The first-order chi connectivity index (χ1) is 11.1. The van der Waals surface area contributed by atoms with Gasteiger partial charge in [-0.15, -0.1) is 0 Å². The van der Waals surface area contributed by atoms with Crippen molar-refractivity contribution in [3.05, 3.63) is 35.0 Å². The summed E-state index contributed by atoms with van der Waals surface area (Å²) in [5, 5.41) is 1.44. The number of amides is 1. The molecule has 1 unspecified atom stereocenters. The second-order valence-electron chi connectivity index (χ2n) is 7.44. The van der Waals surface area contributed by atoms with E-state index in [0.717, 1.165) is 13.1 Å². The number of aromatic nitrogens is 1. The monoisotopic (exact) mass is 312 g/mol. The molecule has 0 saturated heterocycles. The van der Waals surface area contributed by atoms with Crippen molar-refractivity contribution in [1.82, 2.24) is 4.57 Å². The Labute approximate surface area is 137 Å². The Morgan fingerprint density at radius 1 is 1.43 bits per heavy atom. The Morgan fingerprint density at radius 3 is 3.00 bits per heavy atom. The van der Waals surface area contributed by atoms with E-state index in [1.165, 1.54) is 51.9 Å². The van der Waals surface area contributed by atoms with E-state index >= 15 is 0 Å². The first kappa shape index (κ1) is 14.8. The highest BCUT2D eigenvalue weighted by molar-refractivity contribution is 5.87. The van der Waals surface area contributed by atoms with Crippen LogP contribution in [0.2, 0.25) is 0 Å². The lowest BCUT2D eigenvalue weighted by Gasteiger charge is -2.36. The molecule has 1 amide bonds. The number of aryl methyl sites for hydroxylation is 1. The van der Waals surface area contributed by atoms with E-state index in [1.54, 1.807) is 0 Å². The Morgan fingerprint density at radius 2 is 2.26 bits per heavy atom. The molecule has 2 heterocycles. The Balaban J connectivity index is 1.87. The van der Waals surface area contributed by atoms with Gasteiger partial charge in [-0.3, -0.25) is 4.79 Å². The summed E-state index contributed by atoms with van der Waals surface area (Å²) in [6.07, 6.45) is 3.55. The third-order valence-electron chi connectivity index (χ3n) is 5.70. The normalized spacial score (nSPS) is 23.3. The van der Waals surface area contributed by atoms with Crippen molar-refractivity contribution in [2.45, 2.75) is 51.6 Å². The molecule has 4 rings (SSSR count). The summed E-state index contributed by atoms with van der Waals surface area (Å²) < 4.78 is 2.52. The van der Waals surface area contributed by atoms with Crippen molar-refractivity contribution in [2.75, 3.05) is 13.1 Å². The molecule has 1 aliphatic carbocycles. The van der Waals surface area contributed by atoms with E-state index in [4.69, 9.17) is 5.73 Å². The van der Waals surface area contributed by atoms with Crippen LogP contribution in [0.25, 0.3) is 10.9 Å². The quantitative estimate of drug-likeness (QED) is 0.887. The number of hydrogen-bond donors (Lipinski definition) is 2. The molecule has 2 aromatic rings. The van der Waals surface area contributed by atoms with Crippen LogP contribution in [0.3, 0.4) is 0 Å². The molecule has 122 valence electrons. The molecule has 4 nitrogen and oxygen atoms in total. The molecule has 0 spiro atoms. The van der Waals surface area contributed by atoms with Crippen LogP contribution in [0.5, 0.6) is 0 Å². The number of benzene rings is 1. The zero-order chi connectivity index (χ0) is 16.1. The van der Waals surface area contributed by atoms with Gasteiger partial charge in [0.05, 0.1) is 18.8 Å². The van der Waals surface area contributed by atoms with Gasteiger partial charge in [0.25, 0.3) is 5.91 Å². The SMILES string of the molecule is CC(C)c1ccc2c(c1)c1c3n2CC[NH+](CC(N)=O)[C@@H]3CCC1. The summed E-state index contributed by atoms with van der Waals surface area (Å²) in [5.41, 5.74) is 11.3. The average molecular weight is 312 g/mol. The summed E-state index contributed by atoms with van der Waals surface area (Å²) in [7, 11) is 0. The summed E-state index contributed by atoms with van der Waals surface area (Å²) >= 11 is 0. The number of nitrogens with one attached hydrogen (secondary N) is 1. The van der Waals surface area contributed by atoms with Gasteiger partial charge in [-0.1, -0.05) is 19.9 Å². The molecular weight excluding hydrogens is 286 g/mol. The molecule has 1 aromatic carbocycles. The van der Waals surface area contributed by atoms with Crippen LogP contribution in [-0.2, 0) is 17.8 Å². The van der Waals surface area contributed by atoms with E-state index in [-0.39, 0.29) is 5.91 Å². The van der Waals surface area contributed by atoms with Gasteiger partial charge in [0.2, 0.25) is 0 Å². The predicted molar refractivity (Wildman–Crippen MR) is 91.6 cm³/mol. The summed E-state index contributed by atoms with van der Waals surface area (Å²) in [6.45, 7) is 6.96. The third kappa shape index (κ3) is 2.27. The van der Waals surface area contributed by atoms with Crippen molar-refractivity contribution in [3.63, 3.8) is 0 Å². The number of carbonyl (C=O) groups is 1. The van der Waals surface area contributed by atoms with Crippen LogP contribution >= 0.6 is 0 Å². The van der Waals surface area contributed by atoms with Crippen LogP contribution in [-0.4, -0.2) is 23.6 Å². The predicted octanol–water partition coefficient (Wildman–Crippen LogP) is 1.53. The van der Waals surface area contributed by atoms with Gasteiger partial charge in [0.1, 0.15) is 6.04 Å². The molecule has 3 N–H and O–H groups in total. The third-order valence-corrected chi connectivity index (χ3v) is 5.70. The molecule has 0 saturated carbocycles. The molecule has 0 fully saturated rings. The number of nitrogens with two attached hydrogens (primary N) is 1. The van der Waals surface area contributed by atoms with E-state index in [9.17, 15) is 4.79 Å². The van der Waals surface area contributed by atoms with E-state index in [2.05, 4.69) is 36.6 Å². The Bertz CT molecular complexity index is 775. The molecule has 2 aliphatic rings. The number of primary amides is 1. The zero-order valence-electron chi connectivity index (χ0n) is 14.1. The fraction of sp³-hybridized carbons (Fsp3) is 0.526. The molecule has 1 aromatic heterocycles. The highest BCUT2D eigenvalue weighted by Crippen LogP contribution is 2.38. The van der Waals surface area contributed by atoms with Gasteiger partial charge in [-0.05, 0) is 42.0 Å². The number of nitrogens with zero attached hydrogens (tertiary/aromatic N) is 1. The average Bonchev–Trinajstić information content (AvgIpc) is 2.85. The van der Waals surface area contributed by atoms with Crippen LogP contribution in [0.1, 0.15) is 55.5 Å². The van der Waals surface area contributed by atoms with Gasteiger partial charge < -0.3 is 15.2 Å². The van der Waals surface area contributed by atoms with Gasteiger partial charge in [-0.25, -0.2) is 0 Å². The number of quaternary nitrogens is 1. The fourth-order valence-electron chi connectivity index (χ4n) is 4.60. The molecule has 23 heavy (non-hydrogen) atoms. The lowest BCUT2D eigenvalue weighted by atomic mass is 9.89. The van der Waals surface area contributed by atoms with Gasteiger partial charge in [0.15, 0.2) is 6.54 Å². The highest BCUT2D eigenvalue weighted by Gasteiger charge is 2.38. The second kappa shape index (κ2) is 5.38. The van der Waals surface area contributed by atoms with Crippen LogP contribution in [0.4, 0.5) is 0 Å². The minimum atomic E-state index is -0.182. The number of hydrogen-bond acceptors (Lipinski definition) is 1. The van der Waals surface area contributed by atoms with Gasteiger partial charge >= 0.3 is 0 Å². The van der Waals surface area contributed by atoms with Crippen LogP contribution < -0.4 is 10.6 Å². The lowest BCUT2D eigenvalue weighted by molar-refractivity contribution is -0.929. The summed E-state index contributed by atoms with van der Waals surface area (Å²) in [5.74, 6) is 0.374. The maximum atomic E-state index is 11.4. The first-order valence-corrected chi connectivity index (χ1v) is 8.84. The van der Waals surface area contributed by atoms with E-state index in [1.807, 2.05) is 0 Å². The number of fused-ring (bicyclic) bond motifs is 3. The molecular formula is C19H26N3O+. The van der Waals surface area contributed by atoms with E-state index in [0.29, 0.717) is 18.5 Å². The summed E-state index contributed by atoms with van der Waals surface area (Å²) in [4.78, 5) is 12.8. The molecule has 0 bridgehead atoms.